The predicted octanol–water partition coefficient (Wildman–Crippen LogP) is 1.60. The van der Waals surface area contributed by atoms with E-state index in [1.807, 2.05) is 17.0 Å². The van der Waals surface area contributed by atoms with Crippen LogP contribution >= 0.6 is 0 Å². The number of aliphatic hydroxyl groups is 1. The molecule has 2 aliphatic rings. The fraction of sp³-hybridized carbons (Fsp3) is 0.400. The lowest BCUT2D eigenvalue weighted by Crippen LogP contribution is -2.47. The van der Waals surface area contributed by atoms with Crippen LogP contribution in [0.3, 0.4) is 0 Å². The number of carbonyl (C=O) groups is 2. The fourth-order valence-electron chi connectivity index (χ4n) is 5.92. The second-order valence-corrected chi connectivity index (χ2v) is 9.79. The van der Waals surface area contributed by atoms with E-state index in [1.165, 1.54) is 11.4 Å². The van der Waals surface area contributed by atoms with Crippen LogP contribution in [0.1, 0.15) is 54.6 Å². The van der Waals surface area contributed by atoms with Gasteiger partial charge < -0.3 is 15.7 Å². The number of nitrogens with zero attached hydrogens (tertiary/aromatic N) is 8. The van der Waals surface area contributed by atoms with Gasteiger partial charge in [-0.2, -0.15) is 9.61 Å². The number of hydrogen-bond donors (Lipinski definition) is 2. The summed E-state index contributed by atoms with van der Waals surface area (Å²) < 4.78 is 3.12. The van der Waals surface area contributed by atoms with Gasteiger partial charge >= 0.3 is 0 Å². The highest BCUT2D eigenvalue weighted by molar-refractivity contribution is 6.00. The van der Waals surface area contributed by atoms with Crippen molar-refractivity contribution in [2.24, 2.45) is 7.05 Å². The van der Waals surface area contributed by atoms with Crippen molar-refractivity contribution in [2.75, 3.05) is 12.3 Å². The number of nitrogens with two attached hydrogens (primary N) is 1. The first-order valence-electron chi connectivity index (χ1n) is 12.3. The molecule has 6 rings (SSSR count). The molecule has 2 fully saturated rings. The van der Waals surface area contributed by atoms with Gasteiger partial charge in [-0.05, 0) is 38.7 Å². The summed E-state index contributed by atoms with van der Waals surface area (Å²) >= 11 is 0. The maximum atomic E-state index is 12.7. The molecular formula is C25H27N9O3. The van der Waals surface area contributed by atoms with Gasteiger partial charge in [-0.15, -0.1) is 5.10 Å². The van der Waals surface area contributed by atoms with Crippen LogP contribution in [0.5, 0.6) is 0 Å². The molecule has 0 aromatic carbocycles. The average molecular weight is 502 g/mol. The topological polar surface area (TPSA) is 157 Å². The van der Waals surface area contributed by atoms with E-state index >= 15 is 0 Å². The summed E-state index contributed by atoms with van der Waals surface area (Å²) in [4.78, 5) is 40.6. The van der Waals surface area contributed by atoms with Gasteiger partial charge in [0.2, 0.25) is 5.91 Å². The predicted molar refractivity (Wildman–Crippen MR) is 133 cm³/mol. The van der Waals surface area contributed by atoms with Gasteiger partial charge in [-0.1, -0.05) is 6.07 Å². The molecule has 12 heteroatoms. The zero-order chi connectivity index (χ0) is 25.8. The Bertz CT molecular complexity index is 1510. The summed E-state index contributed by atoms with van der Waals surface area (Å²) in [5.41, 5.74) is 10.3. The van der Waals surface area contributed by atoms with Crippen LogP contribution < -0.4 is 5.73 Å². The number of Topliss-reactive ketones (excluding diaryl/α,β-unsaturated/α-hetero) is 1. The van der Waals surface area contributed by atoms with Crippen LogP contribution in [-0.2, 0) is 11.8 Å². The minimum atomic E-state index is -0.490. The first-order chi connectivity index (χ1) is 17.9. The Morgan fingerprint density at radius 2 is 1.89 bits per heavy atom. The normalized spacial score (nSPS) is 21.1. The molecule has 3 N–H and O–H groups in total. The molecule has 4 aromatic rings. The van der Waals surface area contributed by atoms with E-state index < -0.39 is 6.61 Å². The van der Waals surface area contributed by atoms with Crippen molar-refractivity contribution in [1.82, 2.24) is 39.2 Å². The molecule has 2 bridgehead atoms. The molecule has 37 heavy (non-hydrogen) atoms. The quantitative estimate of drug-likeness (QED) is 0.388. The second-order valence-electron chi connectivity index (χ2n) is 9.79. The average Bonchev–Trinajstić information content (AvgIpc) is 3.59. The molecule has 0 aliphatic carbocycles. The fourth-order valence-corrected chi connectivity index (χ4v) is 5.92. The number of piperidine rings is 1. The Morgan fingerprint density at radius 3 is 2.49 bits per heavy atom. The van der Waals surface area contributed by atoms with Crippen molar-refractivity contribution in [2.45, 2.75) is 50.6 Å². The van der Waals surface area contributed by atoms with Crippen LogP contribution in [0, 0.1) is 0 Å². The Hall–Kier alpha value is -4.19. The number of fused-ring (bicyclic) bond motifs is 3. The Kier molecular flexibility index (Phi) is 5.48. The second kappa shape index (κ2) is 8.73. The number of aromatic nitrogens is 7. The van der Waals surface area contributed by atoms with E-state index in [-0.39, 0.29) is 35.5 Å². The third-order valence-corrected chi connectivity index (χ3v) is 7.51. The Labute approximate surface area is 212 Å². The molecule has 2 saturated heterocycles. The standard InChI is InChI=1S/C25H27N9O3/c1-13(36)21-22(15-7-16-4-5-17(8-15)33(16)20(37)11-35)30-25-18(10-29-34(25)23(21)26)14-3-6-19(27-9-14)24-28-12-32(2)31-24/h3,6,9-10,12,15-17,35H,4-5,7-8,11,26H2,1-2H3/t15-,16-,17?/m0/s1. The number of rotatable bonds is 5. The van der Waals surface area contributed by atoms with Crippen LogP contribution in [0.15, 0.2) is 30.9 Å². The Balaban J connectivity index is 1.41. The summed E-state index contributed by atoms with van der Waals surface area (Å²) in [6.45, 7) is 0.996. The number of amides is 1. The van der Waals surface area contributed by atoms with E-state index in [0.29, 0.717) is 41.3 Å². The van der Waals surface area contributed by atoms with Crippen molar-refractivity contribution >= 4 is 23.2 Å². The smallest absolute Gasteiger partial charge is 0.248 e. The number of ketones is 1. The lowest BCUT2D eigenvalue weighted by atomic mass is 9.85. The minimum Gasteiger partial charge on any atom is -0.387 e. The number of aliphatic hydroxyl groups excluding tert-OH is 1. The van der Waals surface area contributed by atoms with Gasteiger partial charge in [0, 0.05) is 42.4 Å². The number of pyridine rings is 1. The van der Waals surface area contributed by atoms with Crippen LogP contribution in [0.4, 0.5) is 5.82 Å². The van der Waals surface area contributed by atoms with Gasteiger partial charge in [0.1, 0.15) is 24.4 Å². The lowest BCUT2D eigenvalue weighted by molar-refractivity contribution is -0.138. The van der Waals surface area contributed by atoms with Crippen LogP contribution in [0.2, 0.25) is 0 Å². The zero-order valence-electron chi connectivity index (χ0n) is 20.6. The van der Waals surface area contributed by atoms with E-state index in [2.05, 4.69) is 20.2 Å². The van der Waals surface area contributed by atoms with Gasteiger partial charge in [0.15, 0.2) is 17.3 Å². The number of carbonyl (C=O) groups excluding carboxylic acids is 2. The van der Waals surface area contributed by atoms with Gasteiger partial charge in [0.05, 0.1) is 17.5 Å². The maximum Gasteiger partial charge on any atom is 0.248 e. The summed E-state index contributed by atoms with van der Waals surface area (Å²) in [6.07, 6.45) is 8.10. The highest BCUT2D eigenvalue weighted by Crippen LogP contribution is 2.44. The third-order valence-electron chi connectivity index (χ3n) is 7.51. The van der Waals surface area contributed by atoms with Crippen LogP contribution in [-0.4, -0.2) is 74.7 Å². The zero-order valence-corrected chi connectivity index (χ0v) is 20.6. The van der Waals surface area contributed by atoms with Crippen molar-refractivity contribution < 1.29 is 14.7 Å². The first kappa shape index (κ1) is 23.2. The minimum absolute atomic E-state index is 0.0174. The molecule has 3 atom stereocenters. The number of hydrogen-bond acceptors (Lipinski definition) is 9. The molecule has 12 nitrogen and oxygen atoms in total. The highest BCUT2D eigenvalue weighted by atomic mass is 16.3. The lowest BCUT2D eigenvalue weighted by Gasteiger charge is -2.39. The molecule has 4 aromatic heterocycles. The molecule has 2 aliphatic heterocycles. The van der Waals surface area contributed by atoms with Gasteiger partial charge in [-0.25, -0.2) is 9.97 Å². The van der Waals surface area contributed by atoms with Crippen molar-refractivity contribution in [3.8, 4) is 22.6 Å². The molecular weight excluding hydrogens is 474 g/mol. The summed E-state index contributed by atoms with van der Waals surface area (Å²) in [5, 5.41) is 18.1. The first-order valence-corrected chi connectivity index (χ1v) is 12.3. The monoisotopic (exact) mass is 501 g/mol. The molecule has 1 unspecified atom stereocenters. The van der Waals surface area contributed by atoms with E-state index in [1.54, 1.807) is 30.5 Å². The molecule has 0 spiro atoms. The van der Waals surface area contributed by atoms with Crippen molar-refractivity contribution in [1.29, 1.82) is 0 Å². The van der Waals surface area contributed by atoms with Gasteiger partial charge in [-0.3, -0.25) is 19.3 Å². The van der Waals surface area contributed by atoms with Crippen LogP contribution in [0.25, 0.3) is 28.3 Å². The highest BCUT2D eigenvalue weighted by Gasteiger charge is 2.44. The van der Waals surface area contributed by atoms with Gasteiger partial charge in [0.25, 0.3) is 0 Å². The SMILES string of the molecule is CC(=O)c1c([C@@H]2CC3CC[C@@H](C2)N3C(=O)CO)nc2c(-c3ccc(-c4ncn(C)n4)nc3)cnn2c1N. The van der Waals surface area contributed by atoms with Crippen molar-refractivity contribution in [3.63, 3.8) is 0 Å². The summed E-state index contributed by atoms with van der Waals surface area (Å²) in [5.74, 6) is 0.335. The van der Waals surface area contributed by atoms with E-state index in [4.69, 9.17) is 10.7 Å². The molecule has 0 radical (unpaired) electrons. The number of anilines is 1. The largest absolute Gasteiger partial charge is 0.387 e. The molecule has 190 valence electrons. The van der Waals surface area contributed by atoms with Crippen molar-refractivity contribution in [3.05, 3.63) is 42.1 Å². The van der Waals surface area contributed by atoms with E-state index in [0.717, 1.165) is 24.0 Å². The summed E-state index contributed by atoms with van der Waals surface area (Å²) in [6, 6.07) is 3.78. The third kappa shape index (κ3) is 3.75. The number of nitrogen functional groups attached to an aromatic ring is 1. The summed E-state index contributed by atoms with van der Waals surface area (Å²) in [7, 11) is 1.80. The maximum absolute atomic E-state index is 12.7. The Morgan fingerprint density at radius 1 is 1.14 bits per heavy atom. The number of aryl methyl sites for hydroxylation is 1. The molecule has 6 heterocycles. The van der Waals surface area contributed by atoms with E-state index in [9.17, 15) is 14.7 Å². The molecule has 1 amide bonds. The molecule has 0 saturated carbocycles.